The number of ketones is 1. The second-order valence-electron chi connectivity index (χ2n) is 9.42. The van der Waals surface area contributed by atoms with Gasteiger partial charge in [-0.2, -0.15) is 18.3 Å². The van der Waals surface area contributed by atoms with Crippen molar-refractivity contribution in [2.45, 2.75) is 39.8 Å². The number of hydrogen-bond acceptors (Lipinski definition) is 5. The summed E-state index contributed by atoms with van der Waals surface area (Å²) < 4.78 is 47.8. The van der Waals surface area contributed by atoms with Crippen molar-refractivity contribution in [3.63, 3.8) is 0 Å². The number of benzene rings is 2. The molecule has 0 radical (unpaired) electrons. The number of aryl methyl sites for hydroxylation is 1. The maximum atomic E-state index is 13.8. The summed E-state index contributed by atoms with van der Waals surface area (Å²) in [5.41, 5.74) is 5.78. The van der Waals surface area contributed by atoms with E-state index < -0.39 is 34.5 Å². The van der Waals surface area contributed by atoms with Crippen LogP contribution >= 0.6 is 0 Å². The van der Waals surface area contributed by atoms with E-state index in [9.17, 15) is 22.8 Å². The average Bonchev–Trinajstić information content (AvgIpc) is 3.12. The van der Waals surface area contributed by atoms with Crippen LogP contribution in [0.2, 0.25) is 0 Å². The van der Waals surface area contributed by atoms with Crippen molar-refractivity contribution in [3.05, 3.63) is 64.5 Å². The van der Waals surface area contributed by atoms with E-state index >= 15 is 0 Å². The molecule has 0 saturated carbocycles. The normalized spacial score (nSPS) is 15.0. The van der Waals surface area contributed by atoms with E-state index in [2.05, 4.69) is 10.4 Å². The Labute approximate surface area is 200 Å². The molecule has 2 aromatic carbocycles. The zero-order valence-electron chi connectivity index (χ0n) is 19.7. The minimum absolute atomic E-state index is 0.000979. The molecule has 0 fully saturated rings. The molecular formula is C25H25F3N4O3. The molecule has 1 aromatic heterocycles. The van der Waals surface area contributed by atoms with Crippen molar-refractivity contribution in [2.75, 3.05) is 12.4 Å². The van der Waals surface area contributed by atoms with E-state index in [1.807, 2.05) is 20.8 Å². The van der Waals surface area contributed by atoms with Crippen LogP contribution in [-0.2, 0) is 12.6 Å². The summed E-state index contributed by atoms with van der Waals surface area (Å²) in [4.78, 5) is 24.8. The number of hydrogen-bond donors (Lipinski definition) is 2. The molecule has 10 heteroatoms. The van der Waals surface area contributed by atoms with Crippen LogP contribution in [0.1, 0.15) is 57.9 Å². The molecule has 0 atom stereocenters. The lowest BCUT2D eigenvalue weighted by atomic mass is 9.75. The number of Topliss-reactive ketones (excluding diaryl/α,β-unsaturated/α-hetero) is 1. The van der Waals surface area contributed by atoms with Crippen molar-refractivity contribution in [3.8, 4) is 11.4 Å². The Hall–Kier alpha value is -3.82. The molecule has 4 rings (SSSR count). The summed E-state index contributed by atoms with van der Waals surface area (Å²) >= 11 is 0. The highest BCUT2D eigenvalue weighted by molar-refractivity contribution is 6.01. The molecule has 0 saturated heterocycles. The zero-order valence-corrected chi connectivity index (χ0v) is 19.7. The molecule has 0 bridgehead atoms. The average molecular weight is 486 g/mol. The second kappa shape index (κ2) is 8.44. The summed E-state index contributed by atoms with van der Waals surface area (Å²) in [5, 5.41) is 6.93. The fourth-order valence-corrected chi connectivity index (χ4v) is 4.45. The lowest BCUT2D eigenvalue weighted by Gasteiger charge is -2.29. The van der Waals surface area contributed by atoms with Crippen LogP contribution in [0.15, 0.2) is 36.4 Å². The number of carbonyl (C=O) groups is 2. The third-order valence-corrected chi connectivity index (χ3v) is 6.00. The van der Waals surface area contributed by atoms with Crippen LogP contribution in [0.5, 0.6) is 5.75 Å². The predicted octanol–water partition coefficient (Wildman–Crippen LogP) is 5.21. The van der Waals surface area contributed by atoms with E-state index in [-0.39, 0.29) is 29.8 Å². The first-order chi connectivity index (χ1) is 16.3. The van der Waals surface area contributed by atoms with Crippen LogP contribution in [0, 0.1) is 12.3 Å². The standard InChI is InChI=1S/C25H25F3N4O3/c1-13-9-14(5-8-20(13)35-4)30-17-10-15(6-7-16(17)23(29)34)32-18-11-24(2,3)12-19(33)21(18)22(31-32)25(26,27)28/h5-10,30H,11-12H2,1-4H3,(H2,29,34). The van der Waals surface area contributed by atoms with E-state index in [1.54, 1.807) is 25.3 Å². The molecule has 3 aromatic rings. The smallest absolute Gasteiger partial charge is 0.435 e. The number of alkyl halides is 3. The van der Waals surface area contributed by atoms with Crippen molar-refractivity contribution >= 4 is 23.1 Å². The molecule has 0 spiro atoms. The lowest BCUT2D eigenvalue weighted by molar-refractivity contribution is -0.141. The number of nitrogens with two attached hydrogens (primary N) is 1. The van der Waals surface area contributed by atoms with Gasteiger partial charge in [0.05, 0.1) is 35.3 Å². The molecule has 1 aliphatic rings. The van der Waals surface area contributed by atoms with E-state index in [0.717, 1.165) is 10.2 Å². The number of ether oxygens (including phenoxy) is 1. The largest absolute Gasteiger partial charge is 0.496 e. The van der Waals surface area contributed by atoms with Gasteiger partial charge in [-0.15, -0.1) is 0 Å². The second-order valence-corrected chi connectivity index (χ2v) is 9.42. The Bertz CT molecular complexity index is 1340. The summed E-state index contributed by atoms with van der Waals surface area (Å²) in [5.74, 6) is -0.621. The number of nitrogens with one attached hydrogen (secondary N) is 1. The van der Waals surface area contributed by atoms with Gasteiger partial charge in [-0.3, -0.25) is 9.59 Å². The van der Waals surface area contributed by atoms with Gasteiger partial charge in [0.15, 0.2) is 11.5 Å². The lowest BCUT2D eigenvalue weighted by Crippen LogP contribution is -2.29. The highest BCUT2D eigenvalue weighted by Gasteiger charge is 2.45. The number of rotatable bonds is 5. The molecule has 1 heterocycles. The van der Waals surface area contributed by atoms with Gasteiger partial charge in [0, 0.05) is 12.1 Å². The summed E-state index contributed by atoms with van der Waals surface area (Å²) in [7, 11) is 1.55. The summed E-state index contributed by atoms with van der Waals surface area (Å²) in [6.45, 7) is 5.50. The topological polar surface area (TPSA) is 99.2 Å². The number of fused-ring (bicyclic) bond motifs is 1. The van der Waals surface area contributed by atoms with Crippen LogP contribution in [0.3, 0.4) is 0 Å². The SMILES string of the molecule is COc1ccc(Nc2cc(-n3nc(C(F)(F)F)c4c3CC(C)(C)CC4=O)ccc2C(N)=O)cc1C. The first-order valence-corrected chi connectivity index (χ1v) is 10.9. The van der Waals surface area contributed by atoms with Crippen molar-refractivity contribution in [1.29, 1.82) is 0 Å². The Morgan fingerprint density at radius 3 is 2.49 bits per heavy atom. The minimum Gasteiger partial charge on any atom is -0.496 e. The van der Waals surface area contributed by atoms with Crippen molar-refractivity contribution in [1.82, 2.24) is 9.78 Å². The van der Waals surface area contributed by atoms with Gasteiger partial charge in [0.25, 0.3) is 5.91 Å². The van der Waals surface area contributed by atoms with Crippen molar-refractivity contribution < 1.29 is 27.5 Å². The first kappa shape index (κ1) is 24.3. The van der Waals surface area contributed by atoms with Crippen molar-refractivity contribution in [2.24, 2.45) is 11.1 Å². The van der Waals surface area contributed by atoms with Gasteiger partial charge in [0.1, 0.15) is 5.75 Å². The van der Waals surface area contributed by atoms with Gasteiger partial charge < -0.3 is 15.8 Å². The molecular weight excluding hydrogens is 461 g/mol. The van der Waals surface area contributed by atoms with E-state index in [1.165, 1.54) is 18.2 Å². The molecule has 3 N–H and O–H groups in total. The number of anilines is 2. The van der Waals surface area contributed by atoms with Gasteiger partial charge in [-0.05, 0) is 60.7 Å². The fourth-order valence-electron chi connectivity index (χ4n) is 4.45. The number of aromatic nitrogens is 2. The monoisotopic (exact) mass is 486 g/mol. The van der Waals surface area contributed by atoms with Gasteiger partial charge in [-0.25, -0.2) is 4.68 Å². The summed E-state index contributed by atoms with van der Waals surface area (Å²) in [6.07, 6.45) is -4.56. The van der Waals surface area contributed by atoms with Crippen LogP contribution in [0.25, 0.3) is 5.69 Å². The van der Waals surface area contributed by atoms with Gasteiger partial charge >= 0.3 is 6.18 Å². The maximum absolute atomic E-state index is 13.8. The predicted molar refractivity (Wildman–Crippen MR) is 125 cm³/mol. The quantitative estimate of drug-likeness (QED) is 0.516. The van der Waals surface area contributed by atoms with Gasteiger partial charge in [-0.1, -0.05) is 13.8 Å². The third-order valence-electron chi connectivity index (χ3n) is 6.00. The van der Waals surface area contributed by atoms with Crippen LogP contribution in [-0.4, -0.2) is 28.6 Å². The molecule has 0 unspecified atom stereocenters. The summed E-state index contributed by atoms with van der Waals surface area (Å²) in [6, 6.07) is 9.67. The number of amides is 1. The molecule has 184 valence electrons. The number of methoxy groups -OCH3 is 1. The number of carbonyl (C=O) groups excluding carboxylic acids is 2. The minimum atomic E-state index is -4.79. The van der Waals surface area contributed by atoms with Crippen LogP contribution < -0.4 is 15.8 Å². The molecule has 7 nitrogen and oxygen atoms in total. The van der Waals surface area contributed by atoms with Crippen LogP contribution in [0.4, 0.5) is 24.5 Å². The number of nitrogens with zero attached hydrogens (tertiary/aromatic N) is 2. The molecule has 35 heavy (non-hydrogen) atoms. The fraction of sp³-hybridized carbons (Fsp3) is 0.320. The Balaban J connectivity index is 1.86. The molecule has 0 aliphatic heterocycles. The highest BCUT2D eigenvalue weighted by atomic mass is 19.4. The molecule has 1 amide bonds. The van der Waals surface area contributed by atoms with E-state index in [0.29, 0.717) is 17.1 Å². The number of primary amides is 1. The Kier molecular flexibility index (Phi) is 5.86. The zero-order chi connectivity index (χ0) is 25.7. The van der Waals surface area contributed by atoms with Gasteiger partial charge in [0.2, 0.25) is 0 Å². The highest BCUT2D eigenvalue weighted by Crippen LogP contribution is 2.42. The number of halogens is 3. The maximum Gasteiger partial charge on any atom is 0.435 e. The Morgan fingerprint density at radius 2 is 1.89 bits per heavy atom. The third kappa shape index (κ3) is 4.60. The Morgan fingerprint density at radius 1 is 1.17 bits per heavy atom. The van der Waals surface area contributed by atoms with E-state index in [4.69, 9.17) is 10.5 Å². The molecule has 1 aliphatic carbocycles. The first-order valence-electron chi connectivity index (χ1n) is 10.9.